The summed E-state index contributed by atoms with van der Waals surface area (Å²) in [6, 6.07) is 7.34. The van der Waals surface area contributed by atoms with Crippen LogP contribution in [0.25, 0.3) is 0 Å². The number of esters is 1. The molecule has 1 aromatic carbocycles. The van der Waals surface area contributed by atoms with Crippen LogP contribution in [0.2, 0.25) is 0 Å². The molecule has 0 unspecified atom stereocenters. The van der Waals surface area contributed by atoms with Crippen molar-refractivity contribution in [2.45, 2.75) is 32.6 Å². The molecule has 2 amide bonds. The Labute approximate surface area is 166 Å². The van der Waals surface area contributed by atoms with E-state index in [0.29, 0.717) is 38.2 Å². The van der Waals surface area contributed by atoms with E-state index in [4.69, 9.17) is 4.74 Å². The minimum atomic E-state index is -0.217. The van der Waals surface area contributed by atoms with E-state index in [1.165, 1.54) is 0 Å². The number of carbonyl (C=O) groups excluding carboxylic acids is 3. The Hall–Kier alpha value is -2.41. The average molecular weight is 387 g/mol. The molecule has 2 aliphatic heterocycles. The maximum Gasteiger partial charge on any atom is 0.320 e. The van der Waals surface area contributed by atoms with Gasteiger partial charge in [-0.3, -0.25) is 19.3 Å². The topological polar surface area (TPSA) is 70.2 Å². The molecule has 2 saturated heterocycles. The summed E-state index contributed by atoms with van der Waals surface area (Å²) in [7, 11) is 0. The van der Waals surface area contributed by atoms with Crippen LogP contribution in [0.3, 0.4) is 0 Å². The van der Waals surface area contributed by atoms with E-state index in [1.807, 2.05) is 21.9 Å². The number of hydrogen-bond acceptors (Lipinski definition) is 5. The van der Waals surface area contributed by atoms with Gasteiger partial charge < -0.3 is 14.5 Å². The number of carbonyl (C=O) groups is 3. The van der Waals surface area contributed by atoms with Gasteiger partial charge >= 0.3 is 5.97 Å². The number of piperidine rings is 1. The van der Waals surface area contributed by atoms with Gasteiger partial charge in [0.25, 0.3) is 5.91 Å². The summed E-state index contributed by atoms with van der Waals surface area (Å²) in [6.07, 6.45) is 3.39. The first-order valence-corrected chi connectivity index (χ1v) is 10.2. The summed E-state index contributed by atoms with van der Waals surface area (Å²) >= 11 is 0. The Morgan fingerprint density at radius 1 is 0.964 bits per heavy atom. The van der Waals surface area contributed by atoms with Crippen LogP contribution >= 0.6 is 0 Å². The lowest BCUT2D eigenvalue weighted by Crippen LogP contribution is -2.37. The van der Waals surface area contributed by atoms with Crippen LogP contribution in [0.15, 0.2) is 24.3 Å². The molecule has 0 spiro atoms. The highest BCUT2D eigenvalue weighted by Crippen LogP contribution is 2.22. The van der Waals surface area contributed by atoms with Crippen LogP contribution in [-0.4, -0.2) is 73.5 Å². The third-order valence-corrected chi connectivity index (χ3v) is 5.28. The van der Waals surface area contributed by atoms with Gasteiger partial charge in [0, 0.05) is 50.4 Å². The predicted molar refractivity (Wildman–Crippen MR) is 106 cm³/mol. The van der Waals surface area contributed by atoms with Gasteiger partial charge in [0.1, 0.15) is 0 Å². The van der Waals surface area contributed by atoms with Gasteiger partial charge in [0.05, 0.1) is 13.2 Å². The van der Waals surface area contributed by atoms with Gasteiger partial charge in [0.15, 0.2) is 0 Å². The molecule has 152 valence electrons. The third-order valence-electron chi connectivity index (χ3n) is 5.28. The van der Waals surface area contributed by atoms with E-state index < -0.39 is 0 Å². The zero-order chi connectivity index (χ0) is 19.9. The van der Waals surface area contributed by atoms with Crippen molar-refractivity contribution in [1.29, 1.82) is 0 Å². The Kier molecular flexibility index (Phi) is 7.03. The molecule has 1 aromatic rings. The lowest BCUT2D eigenvalue weighted by Gasteiger charge is -2.27. The first kappa shape index (κ1) is 20.3. The van der Waals surface area contributed by atoms with Gasteiger partial charge in [-0.15, -0.1) is 0 Å². The maximum atomic E-state index is 12.9. The average Bonchev–Trinajstić information content (AvgIpc) is 2.94. The van der Waals surface area contributed by atoms with Crippen LogP contribution in [-0.2, 0) is 14.3 Å². The Balaban J connectivity index is 1.57. The summed E-state index contributed by atoms with van der Waals surface area (Å²) in [5.41, 5.74) is 1.49. The fourth-order valence-electron chi connectivity index (χ4n) is 3.77. The quantitative estimate of drug-likeness (QED) is 0.722. The highest BCUT2D eigenvalue weighted by atomic mass is 16.5. The molecule has 0 radical (unpaired) electrons. The van der Waals surface area contributed by atoms with E-state index in [2.05, 4.69) is 0 Å². The highest BCUT2D eigenvalue weighted by molar-refractivity contribution is 5.97. The molecule has 2 heterocycles. The lowest BCUT2D eigenvalue weighted by atomic mass is 10.1. The highest BCUT2D eigenvalue weighted by Gasteiger charge is 2.23. The first-order valence-electron chi connectivity index (χ1n) is 10.2. The second-order valence-corrected chi connectivity index (χ2v) is 7.28. The third kappa shape index (κ3) is 5.10. The molecule has 0 bridgehead atoms. The Morgan fingerprint density at radius 2 is 1.75 bits per heavy atom. The molecule has 0 aromatic heterocycles. The SMILES string of the molecule is CCOC(=O)CN1CCCN(C(=O)c2ccc(N3CCCCC3=O)cc2)CC1. The summed E-state index contributed by atoms with van der Waals surface area (Å²) in [5.74, 6) is -0.0702. The van der Waals surface area contributed by atoms with Crippen LogP contribution in [0, 0.1) is 0 Å². The number of benzene rings is 1. The normalized spacial score (nSPS) is 18.7. The van der Waals surface area contributed by atoms with Gasteiger partial charge in [0.2, 0.25) is 5.91 Å². The molecule has 7 nitrogen and oxygen atoms in total. The van der Waals surface area contributed by atoms with Crippen LogP contribution in [0.5, 0.6) is 0 Å². The zero-order valence-corrected chi connectivity index (χ0v) is 16.6. The lowest BCUT2D eigenvalue weighted by molar-refractivity contribution is -0.144. The molecule has 0 atom stereocenters. The van der Waals surface area contributed by atoms with Gasteiger partial charge in [-0.1, -0.05) is 0 Å². The number of rotatable bonds is 5. The summed E-state index contributed by atoms with van der Waals surface area (Å²) in [4.78, 5) is 42.3. The second-order valence-electron chi connectivity index (χ2n) is 7.28. The van der Waals surface area contributed by atoms with E-state index >= 15 is 0 Å². The summed E-state index contributed by atoms with van der Waals surface area (Å²) in [5, 5.41) is 0. The smallest absolute Gasteiger partial charge is 0.320 e. The molecule has 28 heavy (non-hydrogen) atoms. The minimum absolute atomic E-state index is 0.00509. The van der Waals surface area contributed by atoms with Crippen molar-refractivity contribution in [3.05, 3.63) is 29.8 Å². The number of ether oxygens (including phenoxy) is 1. The Morgan fingerprint density at radius 3 is 2.46 bits per heavy atom. The first-order chi connectivity index (χ1) is 13.6. The fraction of sp³-hybridized carbons (Fsp3) is 0.571. The van der Waals surface area contributed by atoms with Crippen molar-refractivity contribution in [3.63, 3.8) is 0 Å². The number of nitrogens with zero attached hydrogens (tertiary/aromatic N) is 3. The molecule has 7 heteroatoms. The van der Waals surface area contributed by atoms with Crippen molar-refractivity contribution < 1.29 is 19.1 Å². The van der Waals surface area contributed by atoms with Gasteiger partial charge in [-0.25, -0.2) is 0 Å². The second kappa shape index (κ2) is 9.68. The van der Waals surface area contributed by atoms with Crippen LogP contribution in [0.4, 0.5) is 5.69 Å². The van der Waals surface area contributed by atoms with Crippen molar-refractivity contribution in [1.82, 2.24) is 9.80 Å². The summed E-state index contributed by atoms with van der Waals surface area (Å²) in [6.45, 7) is 5.89. The molecular weight excluding hydrogens is 358 g/mol. The van der Waals surface area contributed by atoms with Gasteiger partial charge in [-0.2, -0.15) is 0 Å². The fourth-order valence-corrected chi connectivity index (χ4v) is 3.77. The van der Waals surface area contributed by atoms with Crippen LogP contribution < -0.4 is 4.90 Å². The Bertz CT molecular complexity index is 704. The molecule has 0 saturated carbocycles. The standard InChI is InChI=1S/C21H29N3O4/c1-2-28-20(26)16-22-11-5-12-23(15-14-22)21(27)17-7-9-18(10-8-17)24-13-4-3-6-19(24)25/h7-10H,2-6,11-16H2,1H3. The van der Waals surface area contributed by atoms with E-state index in [0.717, 1.165) is 38.0 Å². The monoisotopic (exact) mass is 387 g/mol. The molecule has 0 aliphatic carbocycles. The zero-order valence-electron chi connectivity index (χ0n) is 16.6. The minimum Gasteiger partial charge on any atom is -0.465 e. The molecule has 2 aliphatic rings. The maximum absolute atomic E-state index is 12.9. The van der Waals surface area contributed by atoms with Crippen molar-refractivity contribution in [2.75, 3.05) is 50.8 Å². The molecule has 2 fully saturated rings. The van der Waals surface area contributed by atoms with Crippen molar-refractivity contribution in [2.24, 2.45) is 0 Å². The van der Waals surface area contributed by atoms with E-state index in [-0.39, 0.29) is 24.3 Å². The molecule has 0 N–H and O–H groups in total. The number of amides is 2. The molecular formula is C21H29N3O4. The number of hydrogen-bond donors (Lipinski definition) is 0. The van der Waals surface area contributed by atoms with Crippen molar-refractivity contribution in [3.8, 4) is 0 Å². The predicted octanol–water partition coefficient (Wildman–Crippen LogP) is 1.91. The van der Waals surface area contributed by atoms with E-state index in [1.54, 1.807) is 24.0 Å². The van der Waals surface area contributed by atoms with Gasteiger partial charge in [-0.05, 0) is 50.5 Å². The largest absolute Gasteiger partial charge is 0.465 e. The van der Waals surface area contributed by atoms with Crippen LogP contribution in [0.1, 0.15) is 43.0 Å². The molecule has 3 rings (SSSR count). The van der Waals surface area contributed by atoms with E-state index in [9.17, 15) is 14.4 Å². The number of anilines is 1. The summed E-state index contributed by atoms with van der Waals surface area (Å²) < 4.78 is 5.01. The van der Waals surface area contributed by atoms with Crippen molar-refractivity contribution >= 4 is 23.5 Å².